The predicted molar refractivity (Wildman–Crippen MR) is 55.4 cm³/mol. The van der Waals surface area contributed by atoms with Crippen molar-refractivity contribution >= 4 is 17.2 Å². The summed E-state index contributed by atoms with van der Waals surface area (Å²) < 4.78 is 4.79. The molecule has 0 fully saturated rings. The molecule has 0 radical (unpaired) electrons. The van der Waals surface area contributed by atoms with Crippen LogP contribution in [0.2, 0.25) is 0 Å². The first-order valence-electron chi connectivity index (χ1n) is 4.41. The van der Waals surface area contributed by atoms with E-state index in [1.54, 1.807) is 6.07 Å². The molecule has 0 aliphatic carbocycles. The van der Waals surface area contributed by atoms with Crippen molar-refractivity contribution in [1.29, 1.82) is 0 Å². The smallest absolute Gasteiger partial charge is 0.298 e. The molecule has 14 heavy (non-hydrogen) atoms. The van der Waals surface area contributed by atoms with Crippen molar-refractivity contribution < 1.29 is 9.53 Å². The molecule has 0 aromatic heterocycles. The summed E-state index contributed by atoms with van der Waals surface area (Å²) in [5, 5.41) is 2.27. The summed E-state index contributed by atoms with van der Waals surface area (Å²) in [6, 6.07) is 11.7. The second-order valence-electron chi connectivity index (χ2n) is 3.17. The molecule has 0 amide bonds. The minimum Gasteiger partial charge on any atom is -0.429 e. The first-order chi connectivity index (χ1) is 6.81. The topological polar surface area (TPSA) is 26.3 Å². The maximum atomic E-state index is 10.2. The largest absolute Gasteiger partial charge is 0.429 e. The summed E-state index contributed by atoms with van der Waals surface area (Å²) >= 11 is 0. The molecule has 2 rings (SSSR count). The van der Waals surface area contributed by atoms with Gasteiger partial charge in [-0.05, 0) is 35.4 Å². The molecule has 0 heterocycles. The lowest BCUT2D eigenvalue weighted by atomic mass is 10.1. The Kier molecular flexibility index (Phi) is 2.19. The standard InChI is InChI=1S/C12H10O2/c1-9-3-2-4-10-5-6-11(14-8-13)7-12(9)10/h2-8H,1H3. The molecule has 2 heteroatoms. The number of carbonyl (C=O) groups is 1. The van der Waals surface area contributed by atoms with Crippen LogP contribution < -0.4 is 4.74 Å². The number of benzene rings is 2. The second-order valence-corrected chi connectivity index (χ2v) is 3.17. The van der Waals surface area contributed by atoms with Gasteiger partial charge in [-0.15, -0.1) is 0 Å². The van der Waals surface area contributed by atoms with Gasteiger partial charge in [-0.1, -0.05) is 24.3 Å². The monoisotopic (exact) mass is 186 g/mol. The molecule has 2 aromatic carbocycles. The van der Waals surface area contributed by atoms with E-state index >= 15 is 0 Å². The Hall–Kier alpha value is -1.83. The Morgan fingerprint density at radius 1 is 1.21 bits per heavy atom. The zero-order valence-electron chi connectivity index (χ0n) is 7.86. The summed E-state index contributed by atoms with van der Waals surface area (Å²) in [5.41, 5.74) is 1.18. The highest BCUT2D eigenvalue weighted by atomic mass is 16.5. The Morgan fingerprint density at radius 2 is 2.07 bits per heavy atom. The average molecular weight is 186 g/mol. The van der Waals surface area contributed by atoms with E-state index < -0.39 is 0 Å². The van der Waals surface area contributed by atoms with Crippen LogP contribution in [0, 0.1) is 6.92 Å². The number of fused-ring (bicyclic) bond motifs is 1. The Morgan fingerprint density at radius 3 is 2.86 bits per heavy atom. The van der Waals surface area contributed by atoms with E-state index in [0.717, 1.165) is 10.8 Å². The molecular formula is C12H10O2. The van der Waals surface area contributed by atoms with Crippen molar-refractivity contribution in [1.82, 2.24) is 0 Å². The highest BCUT2D eigenvalue weighted by molar-refractivity contribution is 5.87. The van der Waals surface area contributed by atoms with Crippen molar-refractivity contribution in [3.8, 4) is 5.75 Å². The normalized spacial score (nSPS) is 10.1. The highest BCUT2D eigenvalue weighted by Gasteiger charge is 1.98. The summed E-state index contributed by atoms with van der Waals surface area (Å²) in [7, 11) is 0. The Labute approximate surface area is 82.1 Å². The number of aryl methyl sites for hydroxylation is 1. The van der Waals surface area contributed by atoms with Crippen molar-refractivity contribution in [2.24, 2.45) is 0 Å². The second kappa shape index (κ2) is 3.50. The molecule has 0 bridgehead atoms. The number of hydrogen-bond acceptors (Lipinski definition) is 2. The van der Waals surface area contributed by atoms with E-state index in [1.165, 1.54) is 5.56 Å². The van der Waals surface area contributed by atoms with E-state index in [4.69, 9.17) is 4.74 Å². The molecule has 0 atom stereocenters. The summed E-state index contributed by atoms with van der Waals surface area (Å²) in [5.74, 6) is 0.585. The van der Waals surface area contributed by atoms with E-state index in [1.807, 2.05) is 37.3 Å². The lowest BCUT2D eigenvalue weighted by molar-refractivity contribution is -0.120. The lowest BCUT2D eigenvalue weighted by Gasteiger charge is -2.03. The van der Waals surface area contributed by atoms with Crippen LogP contribution in [0.15, 0.2) is 36.4 Å². The van der Waals surface area contributed by atoms with Gasteiger partial charge in [0.25, 0.3) is 6.47 Å². The van der Waals surface area contributed by atoms with Crippen LogP contribution in [-0.4, -0.2) is 6.47 Å². The zero-order chi connectivity index (χ0) is 9.97. The molecule has 0 spiro atoms. The van der Waals surface area contributed by atoms with Gasteiger partial charge in [-0.2, -0.15) is 0 Å². The first-order valence-corrected chi connectivity index (χ1v) is 4.41. The fourth-order valence-electron chi connectivity index (χ4n) is 1.54. The van der Waals surface area contributed by atoms with E-state index in [0.29, 0.717) is 12.2 Å². The third kappa shape index (κ3) is 1.46. The molecule has 0 saturated heterocycles. The van der Waals surface area contributed by atoms with E-state index in [9.17, 15) is 4.79 Å². The third-order valence-electron chi connectivity index (χ3n) is 2.26. The molecular weight excluding hydrogens is 176 g/mol. The van der Waals surface area contributed by atoms with Crippen LogP contribution in [0.3, 0.4) is 0 Å². The van der Waals surface area contributed by atoms with Gasteiger partial charge in [-0.3, -0.25) is 4.79 Å². The van der Waals surface area contributed by atoms with Gasteiger partial charge in [0.15, 0.2) is 0 Å². The highest BCUT2D eigenvalue weighted by Crippen LogP contribution is 2.23. The molecule has 70 valence electrons. The lowest BCUT2D eigenvalue weighted by Crippen LogP contribution is -1.88. The van der Waals surface area contributed by atoms with Gasteiger partial charge in [0, 0.05) is 0 Å². The molecule has 0 aliphatic heterocycles. The van der Waals surface area contributed by atoms with Crippen molar-refractivity contribution in [2.75, 3.05) is 0 Å². The minimum absolute atomic E-state index is 0.444. The van der Waals surface area contributed by atoms with Crippen LogP contribution in [0.1, 0.15) is 5.56 Å². The average Bonchev–Trinajstić information content (AvgIpc) is 2.20. The van der Waals surface area contributed by atoms with Crippen LogP contribution in [0.4, 0.5) is 0 Å². The number of ether oxygens (including phenoxy) is 1. The molecule has 0 N–H and O–H groups in total. The van der Waals surface area contributed by atoms with Gasteiger partial charge < -0.3 is 4.74 Å². The maximum Gasteiger partial charge on any atom is 0.298 e. The third-order valence-corrected chi connectivity index (χ3v) is 2.26. The van der Waals surface area contributed by atoms with Crippen molar-refractivity contribution in [2.45, 2.75) is 6.92 Å². The van der Waals surface area contributed by atoms with Gasteiger partial charge >= 0.3 is 0 Å². The Bertz CT molecular complexity index is 475. The molecule has 2 nitrogen and oxygen atoms in total. The van der Waals surface area contributed by atoms with Crippen molar-refractivity contribution in [3.63, 3.8) is 0 Å². The van der Waals surface area contributed by atoms with Gasteiger partial charge in [0.2, 0.25) is 0 Å². The number of hydrogen-bond donors (Lipinski definition) is 0. The van der Waals surface area contributed by atoms with Gasteiger partial charge in [-0.25, -0.2) is 0 Å². The minimum atomic E-state index is 0.444. The zero-order valence-corrected chi connectivity index (χ0v) is 7.86. The van der Waals surface area contributed by atoms with Crippen LogP contribution in [0.5, 0.6) is 5.75 Å². The van der Waals surface area contributed by atoms with Gasteiger partial charge in [0.1, 0.15) is 5.75 Å². The van der Waals surface area contributed by atoms with E-state index in [2.05, 4.69) is 0 Å². The van der Waals surface area contributed by atoms with Crippen LogP contribution >= 0.6 is 0 Å². The van der Waals surface area contributed by atoms with Crippen LogP contribution in [-0.2, 0) is 4.79 Å². The molecule has 2 aromatic rings. The predicted octanol–water partition coefficient (Wildman–Crippen LogP) is 2.68. The molecule has 0 unspecified atom stereocenters. The number of carbonyl (C=O) groups excluding carboxylic acids is 1. The maximum absolute atomic E-state index is 10.2. The molecule has 0 saturated carbocycles. The Balaban J connectivity index is 2.63. The summed E-state index contributed by atoms with van der Waals surface area (Å²) in [6.07, 6.45) is 0. The number of rotatable bonds is 2. The molecule has 0 aliphatic rings. The fourth-order valence-corrected chi connectivity index (χ4v) is 1.54. The van der Waals surface area contributed by atoms with Crippen molar-refractivity contribution in [3.05, 3.63) is 42.0 Å². The van der Waals surface area contributed by atoms with Crippen LogP contribution in [0.25, 0.3) is 10.8 Å². The quantitative estimate of drug-likeness (QED) is 0.674. The fraction of sp³-hybridized carbons (Fsp3) is 0.0833. The van der Waals surface area contributed by atoms with E-state index in [-0.39, 0.29) is 0 Å². The summed E-state index contributed by atoms with van der Waals surface area (Å²) in [6.45, 7) is 2.48. The summed E-state index contributed by atoms with van der Waals surface area (Å²) in [4.78, 5) is 10.2. The first kappa shape index (κ1) is 8.75. The SMILES string of the molecule is Cc1cccc2ccc(OC=O)cc12. The van der Waals surface area contributed by atoms with Gasteiger partial charge in [0.05, 0.1) is 0 Å².